The fourth-order valence-electron chi connectivity index (χ4n) is 4.52. The molecule has 0 aliphatic carbocycles. The molecule has 9 heteroatoms. The molecule has 3 heterocycles. The van der Waals surface area contributed by atoms with Crippen LogP contribution in [0.3, 0.4) is 0 Å². The summed E-state index contributed by atoms with van der Waals surface area (Å²) in [7, 11) is 0. The van der Waals surface area contributed by atoms with Gasteiger partial charge in [-0.15, -0.1) is 0 Å². The highest BCUT2D eigenvalue weighted by atomic mass is 35.5. The Kier molecular flexibility index (Phi) is 6.56. The molecule has 0 saturated carbocycles. The first kappa shape index (κ1) is 24.8. The monoisotopic (exact) mass is 553 g/mol. The minimum atomic E-state index is -0.936. The first-order chi connectivity index (χ1) is 19.0. The number of thiazole rings is 1. The normalized spacial score (nSPS) is 16.6. The highest BCUT2D eigenvalue weighted by molar-refractivity contribution is 7.22. The number of carbonyl (C=O) groups is 2. The first-order valence-corrected chi connectivity index (χ1v) is 13.2. The zero-order chi connectivity index (χ0) is 26.9. The maximum atomic E-state index is 13.5. The first-order valence-electron chi connectivity index (χ1n) is 12.0. The minimum Gasteiger partial charge on any atom is -0.507 e. The topological polar surface area (TPSA) is 92.6 Å². The van der Waals surface area contributed by atoms with Gasteiger partial charge in [0, 0.05) is 23.0 Å². The van der Waals surface area contributed by atoms with E-state index in [0.717, 1.165) is 10.3 Å². The Bertz CT molecular complexity index is 1740. The zero-order valence-corrected chi connectivity index (χ0v) is 21.9. The van der Waals surface area contributed by atoms with E-state index in [0.29, 0.717) is 39.2 Å². The Balaban J connectivity index is 1.47. The lowest BCUT2D eigenvalue weighted by atomic mass is 9.95. The molecule has 39 heavy (non-hydrogen) atoms. The molecule has 1 aliphatic heterocycles. The lowest BCUT2D eigenvalue weighted by Gasteiger charge is -2.23. The van der Waals surface area contributed by atoms with E-state index in [1.807, 2.05) is 30.3 Å². The van der Waals surface area contributed by atoms with Gasteiger partial charge in [-0.25, -0.2) is 4.98 Å². The number of aliphatic hydroxyl groups excluding tert-OH is 1. The summed E-state index contributed by atoms with van der Waals surface area (Å²) >= 11 is 7.42. The summed E-state index contributed by atoms with van der Waals surface area (Å²) in [6, 6.07) is 24.4. The number of carbonyl (C=O) groups excluding carboxylic acids is 2. The van der Waals surface area contributed by atoms with Gasteiger partial charge in [0.25, 0.3) is 5.78 Å². The third-order valence-electron chi connectivity index (χ3n) is 6.37. The van der Waals surface area contributed by atoms with Crippen LogP contribution < -0.4 is 9.64 Å². The number of amides is 1. The Labute approximate surface area is 232 Å². The molecule has 1 atom stereocenters. The summed E-state index contributed by atoms with van der Waals surface area (Å²) in [6.07, 6.45) is 3.02. The van der Waals surface area contributed by atoms with Gasteiger partial charge in [0.05, 0.1) is 21.8 Å². The van der Waals surface area contributed by atoms with Gasteiger partial charge in [-0.2, -0.15) is 0 Å². The second kappa shape index (κ2) is 10.3. The van der Waals surface area contributed by atoms with Gasteiger partial charge in [0.1, 0.15) is 18.1 Å². The summed E-state index contributed by atoms with van der Waals surface area (Å²) in [5.41, 5.74) is 2.57. The number of fused-ring (bicyclic) bond motifs is 1. The smallest absolute Gasteiger partial charge is 0.301 e. The Morgan fingerprint density at radius 2 is 1.77 bits per heavy atom. The van der Waals surface area contributed by atoms with Gasteiger partial charge in [0.15, 0.2) is 5.13 Å². The van der Waals surface area contributed by atoms with Crippen molar-refractivity contribution in [1.82, 2.24) is 9.97 Å². The van der Waals surface area contributed by atoms with Crippen LogP contribution in [0.4, 0.5) is 5.13 Å². The molecule has 6 rings (SSSR count). The molecule has 1 saturated heterocycles. The second-order valence-electron chi connectivity index (χ2n) is 8.86. The van der Waals surface area contributed by atoms with E-state index in [9.17, 15) is 14.7 Å². The Morgan fingerprint density at radius 1 is 0.974 bits per heavy atom. The van der Waals surface area contributed by atoms with Gasteiger partial charge in [-0.3, -0.25) is 19.5 Å². The van der Waals surface area contributed by atoms with Crippen molar-refractivity contribution in [2.75, 3.05) is 4.90 Å². The lowest BCUT2D eigenvalue weighted by Crippen LogP contribution is -2.29. The fourth-order valence-corrected chi connectivity index (χ4v) is 5.78. The van der Waals surface area contributed by atoms with Crippen LogP contribution in [0.1, 0.15) is 22.7 Å². The molecule has 7 nitrogen and oxygen atoms in total. The largest absolute Gasteiger partial charge is 0.507 e. The number of rotatable bonds is 6. The van der Waals surface area contributed by atoms with Crippen LogP contribution in [0.25, 0.3) is 16.0 Å². The predicted octanol–water partition coefficient (Wildman–Crippen LogP) is 6.55. The van der Waals surface area contributed by atoms with E-state index in [2.05, 4.69) is 9.97 Å². The molecule has 192 valence electrons. The van der Waals surface area contributed by atoms with E-state index >= 15 is 0 Å². The number of benzene rings is 3. The zero-order valence-electron chi connectivity index (χ0n) is 20.3. The highest BCUT2D eigenvalue weighted by Gasteiger charge is 2.48. The van der Waals surface area contributed by atoms with E-state index in [1.165, 1.54) is 28.6 Å². The molecule has 0 radical (unpaired) electrons. The van der Waals surface area contributed by atoms with Crippen LogP contribution in [-0.2, 0) is 16.2 Å². The van der Waals surface area contributed by atoms with Crippen molar-refractivity contribution in [3.8, 4) is 5.75 Å². The predicted molar refractivity (Wildman–Crippen MR) is 151 cm³/mol. The van der Waals surface area contributed by atoms with Crippen LogP contribution in [0.15, 0.2) is 103 Å². The molecule has 0 bridgehead atoms. The average Bonchev–Trinajstić information content (AvgIpc) is 3.50. The van der Waals surface area contributed by atoms with Crippen molar-refractivity contribution in [2.45, 2.75) is 12.6 Å². The number of pyridine rings is 1. The van der Waals surface area contributed by atoms with Crippen molar-refractivity contribution in [3.05, 3.63) is 125 Å². The Morgan fingerprint density at radius 3 is 2.56 bits per heavy atom. The number of ketones is 1. The number of anilines is 1. The molecule has 5 aromatic rings. The van der Waals surface area contributed by atoms with Crippen molar-refractivity contribution in [3.63, 3.8) is 0 Å². The van der Waals surface area contributed by atoms with Crippen LogP contribution in [0.5, 0.6) is 5.75 Å². The van der Waals surface area contributed by atoms with Crippen molar-refractivity contribution >= 4 is 55.7 Å². The number of halogens is 1. The number of aromatic nitrogens is 2. The highest BCUT2D eigenvalue weighted by Crippen LogP contribution is 2.45. The summed E-state index contributed by atoms with van der Waals surface area (Å²) in [5, 5.41) is 12.2. The fraction of sp³-hybridized carbons (Fsp3) is 0.0667. The maximum absolute atomic E-state index is 13.5. The number of ether oxygens (including phenoxy) is 1. The van der Waals surface area contributed by atoms with Crippen LogP contribution in [0, 0.1) is 0 Å². The van der Waals surface area contributed by atoms with E-state index in [4.69, 9.17) is 16.3 Å². The molecule has 1 unspecified atom stereocenters. The van der Waals surface area contributed by atoms with Gasteiger partial charge in [-0.1, -0.05) is 65.4 Å². The molecule has 1 fully saturated rings. The molecule has 1 N–H and O–H groups in total. The third-order valence-corrected chi connectivity index (χ3v) is 7.62. The number of hydrogen-bond donors (Lipinski definition) is 1. The number of nitrogens with zero attached hydrogens (tertiary/aromatic N) is 3. The summed E-state index contributed by atoms with van der Waals surface area (Å²) in [6.45, 7) is 0.347. The quantitative estimate of drug-likeness (QED) is 0.146. The van der Waals surface area contributed by atoms with Gasteiger partial charge in [0.2, 0.25) is 0 Å². The Hall–Kier alpha value is -4.53. The lowest BCUT2D eigenvalue weighted by molar-refractivity contribution is -0.132. The van der Waals surface area contributed by atoms with E-state index in [-0.39, 0.29) is 11.3 Å². The van der Waals surface area contributed by atoms with Gasteiger partial charge < -0.3 is 9.84 Å². The SMILES string of the molecule is O=C1C(=O)N(c2nc3ccc(Cl)cc3s2)C(c2cccc(OCc3ccccc3)c2)C1=C(O)c1ccncc1. The van der Waals surface area contributed by atoms with E-state index < -0.39 is 17.7 Å². The molecule has 1 amide bonds. The molecule has 2 aromatic heterocycles. The molecule has 0 spiro atoms. The molecular weight excluding hydrogens is 534 g/mol. The van der Waals surface area contributed by atoms with Crippen LogP contribution in [-0.4, -0.2) is 26.8 Å². The molecular formula is C30H20ClN3O4S. The third kappa shape index (κ3) is 4.76. The van der Waals surface area contributed by atoms with Gasteiger partial charge in [-0.05, 0) is 53.6 Å². The van der Waals surface area contributed by atoms with Crippen molar-refractivity contribution in [2.24, 2.45) is 0 Å². The minimum absolute atomic E-state index is 0.0382. The number of aliphatic hydroxyl groups is 1. The van der Waals surface area contributed by atoms with Crippen molar-refractivity contribution < 1.29 is 19.4 Å². The van der Waals surface area contributed by atoms with E-state index in [1.54, 1.807) is 54.6 Å². The average molecular weight is 554 g/mol. The molecule has 3 aromatic carbocycles. The number of hydrogen-bond acceptors (Lipinski definition) is 7. The second-order valence-corrected chi connectivity index (χ2v) is 10.3. The van der Waals surface area contributed by atoms with Gasteiger partial charge >= 0.3 is 5.91 Å². The summed E-state index contributed by atoms with van der Waals surface area (Å²) < 4.78 is 6.80. The van der Waals surface area contributed by atoms with Crippen LogP contribution >= 0.6 is 22.9 Å². The van der Waals surface area contributed by atoms with Crippen LogP contribution in [0.2, 0.25) is 5.02 Å². The summed E-state index contributed by atoms with van der Waals surface area (Å²) in [4.78, 5) is 36.9. The standard InChI is InChI=1S/C30H20ClN3O4S/c31-21-9-10-23-24(16-21)39-30(33-23)34-26(25(28(36)29(34)37)27(35)19-11-13-32-14-12-19)20-7-4-8-22(15-20)38-17-18-5-2-1-3-6-18/h1-16,26,35H,17H2. The molecule has 1 aliphatic rings. The maximum Gasteiger partial charge on any atom is 0.301 e. The van der Waals surface area contributed by atoms with Crippen molar-refractivity contribution in [1.29, 1.82) is 0 Å². The number of Topliss-reactive ketones (excluding diaryl/α,β-unsaturated/α-hetero) is 1. The summed E-state index contributed by atoms with van der Waals surface area (Å²) in [5.74, 6) is -1.32.